The molecule has 1 unspecified atom stereocenters. The number of fused-ring (bicyclic) bond motifs is 1. The Morgan fingerprint density at radius 1 is 1.36 bits per heavy atom. The van der Waals surface area contributed by atoms with Crippen LogP contribution in [0.4, 0.5) is 13.2 Å². The molecular weight excluding hydrogens is 375 g/mol. The lowest BCUT2D eigenvalue weighted by molar-refractivity contribution is -0.137. The molecule has 1 fully saturated rings. The summed E-state index contributed by atoms with van der Waals surface area (Å²) in [6.07, 6.45) is 2.02. The molecule has 2 N–H and O–H groups in total. The lowest BCUT2D eigenvalue weighted by atomic mass is 10.2. The summed E-state index contributed by atoms with van der Waals surface area (Å²) in [4.78, 5) is 30.2. The van der Waals surface area contributed by atoms with Gasteiger partial charge in [-0.25, -0.2) is 15.0 Å². The van der Waals surface area contributed by atoms with Crippen molar-refractivity contribution in [3.8, 4) is 5.95 Å². The van der Waals surface area contributed by atoms with Crippen molar-refractivity contribution in [2.45, 2.75) is 25.1 Å². The maximum absolute atomic E-state index is 12.8. The van der Waals surface area contributed by atoms with Gasteiger partial charge in [0.15, 0.2) is 5.69 Å². The van der Waals surface area contributed by atoms with Gasteiger partial charge in [0.05, 0.1) is 17.5 Å². The fraction of sp³-hybridized carbons (Fsp3) is 0.412. The number of likely N-dealkylation sites (tertiary alicyclic amines) is 1. The molecule has 4 heterocycles. The van der Waals surface area contributed by atoms with E-state index in [-0.39, 0.29) is 24.2 Å². The average Bonchev–Trinajstić information content (AvgIpc) is 3.39. The molecule has 8 nitrogen and oxygen atoms in total. The SMILES string of the molecule is O=C(NC1CCN(CCC(F)(F)F)C1)c1nc(-n2ccnc2)nc2cc[nH]c12. The molecule has 148 valence electrons. The second-order valence-electron chi connectivity index (χ2n) is 6.70. The minimum atomic E-state index is -4.18. The number of rotatable bonds is 5. The van der Waals surface area contributed by atoms with Gasteiger partial charge in [0.25, 0.3) is 5.91 Å². The van der Waals surface area contributed by atoms with Crippen LogP contribution in [0.5, 0.6) is 0 Å². The van der Waals surface area contributed by atoms with E-state index in [9.17, 15) is 18.0 Å². The summed E-state index contributed by atoms with van der Waals surface area (Å²) >= 11 is 0. The van der Waals surface area contributed by atoms with Gasteiger partial charge in [0.1, 0.15) is 6.33 Å². The van der Waals surface area contributed by atoms with E-state index in [4.69, 9.17) is 0 Å². The summed E-state index contributed by atoms with van der Waals surface area (Å²) in [5.41, 5.74) is 1.28. The Kier molecular flexibility index (Phi) is 4.75. The number of carbonyl (C=O) groups excluding carboxylic acids is 1. The molecule has 1 aliphatic rings. The number of imidazole rings is 1. The van der Waals surface area contributed by atoms with E-state index in [0.717, 1.165) is 0 Å². The van der Waals surface area contributed by atoms with Crippen LogP contribution in [0.25, 0.3) is 17.0 Å². The van der Waals surface area contributed by atoms with Crippen molar-refractivity contribution in [2.24, 2.45) is 0 Å². The van der Waals surface area contributed by atoms with Crippen molar-refractivity contribution in [2.75, 3.05) is 19.6 Å². The molecule has 0 saturated carbocycles. The molecule has 3 aromatic rings. The maximum atomic E-state index is 12.8. The normalized spacial score (nSPS) is 18.0. The predicted octanol–water partition coefficient (Wildman–Crippen LogP) is 1.90. The molecule has 1 amide bonds. The third kappa shape index (κ3) is 3.98. The minimum absolute atomic E-state index is 0.0605. The van der Waals surface area contributed by atoms with Crippen molar-refractivity contribution >= 4 is 16.9 Å². The number of alkyl halides is 3. The minimum Gasteiger partial charge on any atom is -0.358 e. The Morgan fingerprint density at radius 2 is 2.21 bits per heavy atom. The van der Waals surface area contributed by atoms with Crippen molar-refractivity contribution in [3.63, 3.8) is 0 Å². The van der Waals surface area contributed by atoms with Crippen molar-refractivity contribution in [1.29, 1.82) is 0 Å². The first-order chi connectivity index (χ1) is 13.4. The molecule has 11 heteroatoms. The van der Waals surface area contributed by atoms with Gasteiger partial charge in [-0.2, -0.15) is 13.2 Å². The number of aromatic amines is 1. The quantitative estimate of drug-likeness (QED) is 0.691. The van der Waals surface area contributed by atoms with Crippen LogP contribution in [0.1, 0.15) is 23.3 Å². The van der Waals surface area contributed by atoms with E-state index < -0.39 is 12.6 Å². The van der Waals surface area contributed by atoms with Gasteiger partial charge >= 0.3 is 6.18 Å². The Morgan fingerprint density at radius 3 is 2.96 bits per heavy atom. The lowest BCUT2D eigenvalue weighted by Crippen LogP contribution is -2.38. The average molecular weight is 393 g/mol. The zero-order chi connectivity index (χ0) is 19.7. The smallest absolute Gasteiger partial charge is 0.358 e. The van der Waals surface area contributed by atoms with E-state index >= 15 is 0 Å². The number of amides is 1. The fourth-order valence-corrected chi connectivity index (χ4v) is 3.28. The number of halogens is 3. The highest BCUT2D eigenvalue weighted by Gasteiger charge is 2.31. The van der Waals surface area contributed by atoms with E-state index in [0.29, 0.717) is 36.5 Å². The molecule has 0 bridgehead atoms. The van der Waals surface area contributed by atoms with Crippen LogP contribution in [0.15, 0.2) is 31.0 Å². The fourth-order valence-electron chi connectivity index (χ4n) is 3.28. The van der Waals surface area contributed by atoms with Crippen LogP contribution in [0.2, 0.25) is 0 Å². The lowest BCUT2D eigenvalue weighted by Gasteiger charge is -2.17. The molecule has 4 rings (SSSR count). The van der Waals surface area contributed by atoms with Crippen molar-refractivity contribution in [1.82, 2.24) is 34.7 Å². The Balaban J connectivity index is 1.48. The van der Waals surface area contributed by atoms with Crippen LogP contribution < -0.4 is 5.32 Å². The predicted molar refractivity (Wildman–Crippen MR) is 94.0 cm³/mol. The summed E-state index contributed by atoms with van der Waals surface area (Å²) in [6, 6.07) is 1.51. The summed E-state index contributed by atoms with van der Waals surface area (Å²) in [5.74, 6) is -0.0770. The number of hydrogen-bond donors (Lipinski definition) is 2. The zero-order valence-corrected chi connectivity index (χ0v) is 14.8. The number of aromatic nitrogens is 5. The molecule has 1 atom stereocenters. The Bertz CT molecular complexity index is 967. The molecule has 1 saturated heterocycles. The second kappa shape index (κ2) is 7.23. The van der Waals surface area contributed by atoms with Gasteiger partial charge in [-0.3, -0.25) is 9.36 Å². The topological polar surface area (TPSA) is 91.7 Å². The highest BCUT2D eigenvalue weighted by Crippen LogP contribution is 2.22. The van der Waals surface area contributed by atoms with Gasteiger partial charge < -0.3 is 15.2 Å². The first kappa shape index (κ1) is 18.4. The van der Waals surface area contributed by atoms with Crippen LogP contribution >= 0.6 is 0 Å². The molecule has 0 spiro atoms. The van der Waals surface area contributed by atoms with Crippen LogP contribution in [-0.4, -0.2) is 67.2 Å². The third-order valence-corrected chi connectivity index (χ3v) is 4.66. The van der Waals surface area contributed by atoms with E-state index in [1.54, 1.807) is 34.1 Å². The van der Waals surface area contributed by atoms with E-state index in [1.165, 1.54) is 6.33 Å². The Labute approximate surface area is 157 Å². The van der Waals surface area contributed by atoms with E-state index in [1.807, 2.05) is 0 Å². The number of carbonyl (C=O) groups is 1. The zero-order valence-electron chi connectivity index (χ0n) is 14.8. The van der Waals surface area contributed by atoms with Crippen LogP contribution in [-0.2, 0) is 0 Å². The van der Waals surface area contributed by atoms with Crippen molar-refractivity contribution < 1.29 is 18.0 Å². The summed E-state index contributed by atoms with van der Waals surface area (Å²) < 4.78 is 38.8. The molecule has 3 aromatic heterocycles. The molecule has 0 radical (unpaired) electrons. The monoisotopic (exact) mass is 393 g/mol. The summed E-state index contributed by atoms with van der Waals surface area (Å²) in [5, 5.41) is 2.88. The third-order valence-electron chi connectivity index (χ3n) is 4.66. The first-order valence-electron chi connectivity index (χ1n) is 8.82. The number of nitrogens with one attached hydrogen (secondary N) is 2. The van der Waals surface area contributed by atoms with Gasteiger partial charge in [0, 0.05) is 44.3 Å². The largest absolute Gasteiger partial charge is 0.390 e. The standard InChI is InChI=1S/C17H18F3N7O/c18-17(19,20)3-7-26-6-2-11(9-26)23-15(28)14-13-12(1-4-22-13)24-16(25-14)27-8-5-21-10-27/h1,4-5,8,10-11,22H,2-3,6-7,9H2,(H,23,28). The second-order valence-corrected chi connectivity index (χ2v) is 6.70. The summed E-state index contributed by atoms with van der Waals surface area (Å²) in [7, 11) is 0. The molecule has 28 heavy (non-hydrogen) atoms. The van der Waals surface area contributed by atoms with E-state index in [2.05, 4.69) is 25.3 Å². The highest BCUT2D eigenvalue weighted by molar-refractivity contribution is 6.03. The summed E-state index contributed by atoms with van der Waals surface area (Å²) in [6.45, 7) is 0.840. The molecule has 0 aromatic carbocycles. The molecular formula is C17H18F3N7O. The van der Waals surface area contributed by atoms with Crippen molar-refractivity contribution in [3.05, 3.63) is 36.7 Å². The number of nitrogens with zero attached hydrogens (tertiary/aromatic N) is 5. The van der Waals surface area contributed by atoms with Crippen LogP contribution in [0, 0.1) is 0 Å². The highest BCUT2D eigenvalue weighted by atomic mass is 19.4. The Hall–Kier alpha value is -2.95. The molecule has 0 aliphatic carbocycles. The number of hydrogen-bond acceptors (Lipinski definition) is 5. The van der Waals surface area contributed by atoms with Gasteiger partial charge in [0.2, 0.25) is 5.95 Å². The van der Waals surface area contributed by atoms with Crippen LogP contribution in [0.3, 0.4) is 0 Å². The number of H-pyrrole nitrogens is 1. The molecule has 1 aliphatic heterocycles. The first-order valence-corrected chi connectivity index (χ1v) is 8.82. The van der Waals surface area contributed by atoms with Gasteiger partial charge in [-0.05, 0) is 12.5 Å². The maximum Gasteiger partial charge on any atom is 0.390 e. The van der Waals surface area contributed by atoms with Gasteiger partial charge in [-0.15, -0.1) is 0 Å². The van der Waals surface area contributed by atoms with Gasteiger partial charge in [-0.1, -0.05) is 0 Å².